The van der Waals surface area contributed by atoms with Crippen molar-refractivity contribution in [2.75, 3.05) is 6.61 Å². The zero-order valence-electron chi connectivity index (χ0n) is 13.2. The quantitative estimate of drug-likeness (QED) is 0.240. The number of rotatable bonds is 15. The Bertz CT molecular complexity index is 175. The Morgan fingerprint density at radius 3 is 1.47 bits per heavy atom. The van der Waals surface area contributed by atoms with E-state index in [9.17, 15) is 5.11 Å². The van der Waals surface area contributed by atoms with Crippen LogP contribution in [0.25, 0.3) is 0 Å². The molecular weight excluding hydrogens is 232 g/mol. The van der Waals surface area contributed by atoms with E-state index in [0.717, 1.165) is 12.8 Å². The molecule has 0 aliphatic rings. The molecule has 0 fully saturated rings. The molecule has 0 aromatic carbocycles. The van der Waals surface area contributed by atoms with Crippen LogP contribution in [0, 0.1) is 0 Å². The van der Waals surface area contributed by atoms with Gasteiger partial charge in [-0.15, -0.1) is 0 Å². The first-order valence-electron chi connectivity index (χ1n) is 8.65. The van der Waals surface area contributed by atoms with E-state index in [1.54, 1.807) is 0 Å². The highest BCUT2D eigenvalue weighted by molar-refractivity contribution is 4.81. The molecule has 0 unspecified atom stereocenters. The summed E-state index contributed by atoms with van der Waals surface area (Å²) in [6.45, 7) is 2.38. The Morgan fingerprint density at radius 1 is 0.579 bits per heavy atom. The maximum Gasteiger partial charge on any atom is 0.0822 e. The number of hydrogen-bond donors (Lipinski definition) is 0. The Labute approximate surface area is 121 Å². The summed E-state index contributed by atoms with van der Waals surface area (Å²) in [7, 11) is 0. The summed E-state index contributed by atoms with van der Waals surface area (Å²) in [6.07, 6.45) is 22.9. The van der Waals surface area contributed by atoms with Gasteiger partial charge in [-0.3, -0.25) is 0 Å². The molecule has 0 aromatic heterocycles. The molecule has 113 valence electrons. The lowest BCUT2D eigenvalue weighted by atomic mass is 10.1. The first kappa shape index (κ1) is 18.7. The summed E-state index contributed by atoms with van der Waals surface area (Å²) in [6, 6.07) is 0. The second kappa shape index (κ2) is 17.7. The van der Waals surface area contributed by atoms with Gasteiger partial charge in [0.25, 0.3) is 0 Å². The minimum absolute atomic E-state index is 0.116. The largest absolute Gasteiger partial charge is 0.237 e. The van der Waals surface area contributed by atoms with Crippen molar-refractivity contribution in [3.8, 4) is 0 Å². The summed E-state index contributed by atoms with van der Waals surface area (Å²) in [5.74, 6) is 0. The van der Waals surface area contributed by atoms with Crippen LogP contribution >= 0.6 is 0 Å². The second-order valence-electron chi connectivity index (χ2n) is 5.64. The lowest BCUT2D eigenvalue weighted by molar-refractivity contribution is 0.186. The molecule has 0 spiro atoms. The maximum absolute atomic E-state index is 10.3. The Kier molecular flexibility index (Phi) is 17.4. The van der Waals surface area contributed by atoms with Crippen LogP contribution in [0.2, 0.25) is 0 Å². The Morgan fingerprint density at radius 2 is 1.00 bits per heavy atom. The van der Waals surface area contributed by atoms with Crippen molar-refractivity contribution in [2.24, 2.45) is 0 Å². The number of hydrogen-bond acceptors (Lipinski definition) is 0. The molecule has 0 aliphatic heterocycles. The molecule has 0 heterocycles. The molecule has 0 atom stereocenters. The number of unbranched alkanes of at least 4 members (excludes halogenated alkanes) is 12. The molecule has 1 radical (unpaired) electrons. The average Bonchev–Trinajstić information content (AvgIpc) is 2.43. The highest BCUT2D eigenvalue weighted by Crippen LogP contribution is 2.10. The van der Waals surface area contributed by atoms with Gasteiger partial charge in [-0.1, -0.05) is 76.9 Å². The normalized spacial score (nSPS) is 11.5. The highest BCUT2D eigenvalue weighted by Gasteiger charge is 1.91. The van der Waals surface area contributed by atoms with Crippen LogP contribution in [0.5, 0.6) is 0 Å². The standard InChI is InChI=1S/C18H35O/c1-2-3-4-5-6-7-8-9-10-11-12-13-14-15-16-17-18-19/h7-8H,2-6,9-18H2,1H3. The fourth-order valence-electron chi connectivity index (χ4n) is 2.35. The van der Waals surface area contributed by atoms with Crippen LogP contribution < -0.4 is 0 Å². The molecule has 0 N–H and O–H groups in total. The van der Waals surface area contributed by atoms with Gasteiger partial charge in [-0.25, -0.2) is 5.11 Å². The first-order valence-corrected chi connectivity index (χ1v) is 8.65. The van der Waals surface area contributed by atoms with Gasteiger partial charge in [-0.05, 0) is 32.1 Å². The van der Waals surface area contributed by atoms with E-state index in [2.05, 4.69) is 19.1 Å². The van der Waals surface area contributed by atoms with Gasteiger partial charge in [0.1, 0.15) is 0 Å². The van der Waals surface area contributed by atoms with Crippen molar-refractivity contribution < 1.29 is 5.11 Å². The maximum atomic E-state index is 10.3. The van der Waals surface area contributed by atoms with E-state index in [-0.39, 0.29) is 6.61 Å². The molecule has 0 rings (SSSR count). The van der Waals surface area contributed by atoms with Crippen molar-refractivity contribution >= 4 is 0 Å². The fourth-order valence-corrected chi connectivity index (χ4v) is 2.35. The summed E-state index contributed by atoms with van der Waals surface area (Å²) in [4.78, 5) is 0. The molecule has 0 aromatic rings. The third kappa shape index (κ3) is 17.7. The summed E-state index contributed by atoms with van der Waals surface area (Å²) in [5, 5.41) is 10.3. The van der Waals surface area contributed by atoms with E-state index in [0.29, 0.717) is 0 Å². The molecule has 0 saturated carbocycles. The topological polar surface area (TPSA) is 19.9 Å². The molecule has 0 amide bonds. The van der Waals surface area contributed by atoms with Crippen molar-refractivity contribution in [3.05, 3.63) is 12.2 Å². The predicted octanol–water partition coefficient (Wildman–Crippen LogP) is 6.45. The van der Waals surface area contributed by atoms with Crippen LogP contribution in [0.1, 0.15) is 96.8 Å². The van der Waals surface area contributed by atoms with Gasteiger partial charge in [0.15, 0.2) is 0 Å². The second-order valence-corrected chi connectivity index (χ2v) is 5.64. The molecule has 0 aliphatic carbocycles. The molecule has 19 heavy (non-hydrogen) atoms. The van der Waals surface area contributed by atoms with E-state index in [1.165, 1.54) is 77.0 Å². The third-order valence-corrected chi connectivity index (χ3v) is 3.66. The lowest BCUT2D eigenvalue weighted by Crippen LogP contribution is -1.83. The van der Waals surface area contributed by atoms with Gasteiger partial charge in [0, 0.05) is 0 Å². The average molecular weight is 267 g/mol. The van der Waals surface area contributed by atoms with Crippen LogP contribution in [0.15, 0.2) is 12.2 Å². The SMILES string of the molecule is CCCCCCC=CCCCCCCCCCC[O]. The molecule has 0 bridgehead atoms. The molecule has 0 saturated heterocycles. The summed E-state index contributed by atoms with van der Waals surface area (Å²) < 4.78 is 0. The molecule has 1 heteroatoms. The monoisotopic (exact) mass is 267 g/mol. The van der Waals surface area contributed by atoms with Gasteiger partial charge in [0.2, 0.25) is 0 Å². The van der Waals surface area contributed by atoms with Crippen molar-refractivity contribution in [3.63, 3.8) is 0 Å². The summed E-state index contributed by atoms with van der Waals surface area (Å²) in [5.41, 5.74) is 0. The van der Waals surface area contributed by atoms with Crippen LogP contribution in [0.4, 0.5) is 0 Å². The van der Waals surface area contributed by atoms with Crippen LogP contribution in [-0.4, -0.2) is 6.61 Å². The minimum Gasteiger partial charge on any atom is -0.237 e. The zero-order valence-corrected chi connectivity index (χ0v) is 13.2. The van der Waals surface area contributed by atoms with Gasteiger partial charge in [0.05, 0.1) is 6.61 Å². The van der Waals surface area contributed by atoms with Crippen LogP contribution in [0.3, 0.4) is 0 Å². The minimum atomic E-state index is 0.116. The lowest BCUT2D eigenvalue weighted by Gasteiger charge is -2.00. The predicted molar refractivity (Wildman–Crippen MR) is 85.0 cm³/mol. The van der Waals surface area contributed by atoms with E-state index in [1.807, 2.05) is 0 Å². The first-order chi connectivity index (χ1) is 9.41. The number of allylic oxidation sites excluding steroid dienone is 2. The molecule has 1 nitrogen and oxygen atoms in total. The fraction of sp³-hybridized carbons (Fsp3) is 0.889. The molecular formula is C18H35O. The van der Waals surface area contributed by atoms with Crippen molar-refractivity contribution in [2.45, 2.75) is 96.8 Å². The highest BCUT2D eigenvalue weighted by atomic mass is 16.2. The smallest absolute Gasteiger partial charge is 0.0822 e. The summed E-state index contributed by atoms with van der Waals surface area (Å²) >= 11 is 0. The van der Waals surface area contributed by atoms with Crippen molar-refractivity contribution in [1.29, 1.82) is 0 Å². The van der Waals surface area contributed by atoms with E-state index >= 15 is 0 Å². The van der Waals surface area contributed by atoms with Crippen LogP contribution in [-0.2, 0) is 5.11 Å². The van der Waals surface area contributed by atoms with Crippen molar-refractivity contribution in [1.82, 2.24) is 0 Å². The van der Waals surface area contributed by atoms with E-state index in [4.69, 9.17) is 0 Å². The van der Waals surface area contributed by atoms with Gasteiger partial charge in [-0.2, -0.15) is 0 Å². The Hall–Kier alpha value is -0.300. The van der Waals surface area contributed by atoms with Gasteiger partial charge >= 0.3 is 0 Å². The third-order valence-electron chi connectivity index (χ3n) is 3.66. The van der Waals surface area contributed by atoms with E-state index < -0.39 is 0 Å². The zero-order chi connectivity index (χ0) is 14.0. The Balaban J connectivity index is 2.99. The van der Waals surface area contributed by atoms with Gasteiger partial charge < -0.3 is 0 Å².